The Labute approximate surface area is 216 Å². The zero-order valence-electron chi connectivity index (χ0n) is 22.2. The molecule has 5 rings (SSSR count). The second-order valence-electron chi connectivity index (χ2n) is 9.94. The number of hydrogen-bond donors (Lipinski definition) is 1. The third-order valence-electron chi connectivity index (χ3n) is 7.31. The van der Waals surface area contributed by atoms with E-state index in [0.717, 1.165) is 46.4 Å². The molecule has 8 nitrogen and oxygen atoms in total. The van der Waals surface area contributed by atoms with Gasteiger partial charge in [-0.3, -0.25) is 14.5 Å². The van der Waals surface area contributed by atoms with Crippen molar-refractivity contribution in [2.75, 3.05) is 33.2 Å². The van der Waals surface area contributed by atoms with Gasteiger partial charge in [-0.05, 0) is 36.1 Å². The molecular formula is C29H33N3O5. The van der Waals surface area contributed by atoms with Crippen molar-refractivity contribution in [2.24, 2.45) is 5.92 Å². The Hall–Kier alpha value is -3.94. The van der Waals surface area contributed by atoms with E-state index in [1.54, 1.807) is 21.3 Å². The fourth-order valence-corrected chi connectivity index (χ4v) is 5.53. The first-order valence-corrected chi connectivity index (χ1v) is 12.5. The Morgan fingerprint density at radius 2 is 1.81 bits per heavy atom. The average molecular weight is 504 g/mol. The Morgan fingerprint density at radius 1 is 1.05 bits per heavy atom. The highest BCUT2D eigenvalue weighted by Gasteiger charge is 2.43. The fourth-order valence-electron chi connectivity index (χ4n) is 5.53. The predicted octanol–water partition coefficient (Wildman–Crippen LogP) is 4.91. The second-order valence-corrected chi connectivity index (χ2v) is 9.94. The number of carbonyl (C=O) groups is 2. The molecule has 0 spiro atoms. The molecule has 194 valence electrons. The highest BCUT2D eigenvalue weighted by atomic mass is 16.5. The number of rotatable bonds is 7. The minimum atomic E-state index is -0.486. The molecule has 0 aliphatic carbocycles. The van der Waals surface area contributed by atoms with E-state index < -0.39 is 5.92 Å². The molecule has 1 N–H and O–H groups in total. The van der Waals surface area contributed by atoms with Crippen molar-refractivity contribution in [3.05, 3.63) is 58.9 Å². The lowest BCUT2D eigenvalue weighted by Gasteiger charge is -2.23. The minimum absolute atomic E-state index is 0.198. The van der Waals surface area contributed by atoms with Gasteiger partial charge < -0.3 is 24.1 Å². The number of aryl methyl sites for hydroxylation is 1. The van der Waals surface area contributed by atoms with Gasteiger partial charge in [0, 0.05) is 47.9 Å². The van der Waals surface area contributed by atoms with Crippen molar-refractivity contribution in [2.45, 2.75) is 39.7 Å². The summed E-state index contributed by atoms with van der Waals surface area (Å²) in [5, 5.41) is 4.58. The number of nitrogens with one attached hydrogen (secondary N) is 1. The van der Waals surface area contributed by atoms with Crippen LogP contribution in [0.3, 0.4) is 0 Å². The van der Waals surface area contributed by atoms with Gasteiger partial charge in [0.05, 0.1) is 39.0 Å². The standard InChI is InChI=1S/C29H33N3O5/c1-16(2)12-13-31-14-19-24(18-10-11-23(35-4)28(37-6)27(18)36-5)26-21(15-32(17(3)33)29(26)34)30-20-8-7-9-22(31)25(19)20/h7-11,14,16,24,30H,12-13,15H2,1-6H3/t24-/m1/s1. The van der Waals surface area contributed by atoms with Gasteiger partial charge in [0.1, 0.15) is 0 Å². The van der Waals surface area contributed by atoms with Gasteiger partial charge in [0.15, 0.2) is 11.5 Å². The molecule has 0 saturated carbocycles. The van der Waals surface area contributed by atoms with E-state index in [-0.39, 0.29) is 18.4 Å². The molecule has 3 aromatic rings. The van der Waals surface area contributed by atoms with Crippen molar-refractivity contribution in [3.63, 3.8) is 0 Å². The van der Waals surface area contributed by atoms with Crippen LogP contribution in [-0.4, -0.2) is 49.2 Å². The smallest absolute Gasteiger partial charge is 0.259 e. The fraction of sp³-hybridized carbons (Fsp3) is 0.379. The SMILES string of the molecule is COc1ccc([C@H]2C3=C(CN(C(C)=O)C3=O)Nc3cccc4c3c2cn4CCC(C)C)c(OC)c1OC. The summed E-state index contributed by atoms with van der Waals surface area (Å²) in [7, 11) is 4.73. The van der Waals surface area contributed by atoms with Crippen LogP contribution in [0.5, 0.6) is 17.2 Å². The molecule has 0 fully saturated rings. The second kappa shape index (κ2) is 9.50. The topological polar surface area (TPSA) is 82.0 Å². The first-order valence-electron chi connectivity index (χ1n) is 12.5. The Kier molecular flexibility index (Phi) is 6.35. The van der Waals surface area contributed by atoms with Crippen LogP contribution in [0.4, 0.5) is 5.69 Å². The lowest BCUT2D eigenvalue weighted by molar-refractivity contribution is -0.139. The quantitative estimate of drug-likeness (QED) is 0.493. The lowest BCUT2D eigenvalue weighted by Crippen LogP contribution is -2.33. The van der Waals surface area contributed by atoms with Crippen molar-refractivity contribution in [3.8, 4) is 17.2 Å². The number of nitrogens with zero attached hydrogens (tertiary/aromatic N) is 2. The van der Waals surface area contributed by atoms with Crippen LogP contribution in [-0.2, 0) is 16.1 Å². The monoisotopic (exact) mass is 503 g/mol. The molecule has 3 heterocycles. The number of imide groups is 1. The van der Waals surface area contributed by atoms with Crippen LogP contribution in [0, 0.1) is 5.92 Å². The van der Waals surface area contributed by atoms with Crippen molar-refractivity contribution < 1.29 is 23.8 Å². The molecule has 2 aromatic carbocycles. The average Bonchev–Trinajstić information content (AvgIpc) is 3.36. The van der Waals surface area contributed by atoms with Crippen molar-refractivity contribution in [1.29, 1.82) is 0 Å². The van der Waals surface area contributed by atoms with E-state index >= 15 is 0 Å². The van der Waals surface area contributed by atoms with Crippen LogP contribution < -0.4 is 19.5 Å². The maximum absolute atomic E-state index is 13.8. The van der Waals surface area contributed by atoms with Gasteiger partial charge in [-0.15, -0.1) is 0 Å². The number of amides is 2. The summed E-state index contributed by atoms with van der Waals surface area (Å²) in [6.07, 6.45) is 3.18. The molecule has 2 aliphatic rings. The van der Waals surface area contributed by atoms with E-state index in [1.165, 1.54) is 11.8 Å². The highest BCUT2D eigenvalue weighted by Crippen LogP contribution is 2.51. The van der Waals surface area contributed by atoms with Gasteiger partial charge in [-0.1, -0.05) is 26.0 Å². The summed E-state index contributed by atoms with van der Waals surface area (Å²) in [5.41, 5.74) is 5.04. The van der Waals surface area contributed by atoms with E-state index in [9.17, 15) is 9.59 Å². The van der Waals surface area contributed by atoms with E-state index in [1.807, 2.05) is 24.3 Å². The van der Waals surface area contributed by atoms with Crippen molar-refractivity contribution in [1.82, 2.24) is 9.47 Å². The molecular weight excluding hydrogens is 470 g/mol. The Bertz CT molecular complexity index is 1440. The van der Waals surface area contributed by atoms with Gasteiger partial charge in [0.2, 0.25) is 11.7 Å². The molecule has 0 saturated heterocycles. The van der Waals surface area contributed by atoms with Crippen LogP contribution in [0.2, 0.25) is 0 Å². The first kappa shape index (κ1) is 24.7. The van der Waals surface area contributed by atoms with Crippen molar-refractivity contribution >= 4 is 28.4 Å². The number of benzene rings is 2. The summed E-state index contributed by atoms with van der Waals surface area (Å²) in [6, 6.07) is 9.92. The lowest BCUT2D eigenvalue weighted by atomic mass is 9.83. The predicted molar refractivity (Wildman–Crippen MR) is 142 cm³/mol. The molecule has 1 atom stereocenters. The van der Waals surface area contributed by atoms with Gasteiger partial charge in [-0.2, -0.15) is 0 Å². The number of aromatic nitrogens is 1. The number of anilines is 1. The largest absolute Gasteiger partial charge is 0.493 e. The summed E-state index contributed by atoms with van der Waals surface area (Å²) >= 11 is 0. The molecule has 2 amide bonds. The Balaban J connectivity index is 1.82. The number of methoxy groups -OCH3 is 3. The van der Waals surface area contributed by atoms with Gasteiger partial charge in [-0.25, -0.2) is 0 Å². The molecule has 37 heavy (non-hydrogen) atoms. The minimum Gasteiger partial charge on any atom is -0.493 e. The zero-order valence-corrected chi connectivity index (χ0v) is 22.2. The molecule has 8 heteroatoms. The van der Waals surface area contributed by atoms with E-state index in [2.05, 4.69) is 36.0 Å². The number of carbonyl (C=O) groups excluding carboxylic acids is 2. The summed E-state index contributed by atoms with van der Waals surface area (Å²) in [4.78, 5) is 27.5. The van der Waals surface area contributed by atoms with E-state index in [0.29, 0.717) is 28.7 Å². The highest BCUT2D eigenvalue weighted by molar-refractivity contribution is 6.11. The molecule has 0 radical (unpaired) electrons. The maximum atomic E-state index is 13.8. The molecule has 0 bridgehead atoms. The maximum Gasteiger partial charge on any atom is 0.259 e. The molecule has 1 aromatic heterocycles. The molecule has 0 unspecified atom stereocenters. The number of hydrogen-bond acceptors (Lipinski definition) is 6. The van der Waals surface area contributed by atoms with E-state index in [4.69, 9.17) is 14.2 Å². The van der Waals surface area contributed by atoms with Crippen LogP contribution in [0.25, 0.3) is 10.9 Å². The normalized spacial score (nSPS) is 16.7. The molecule has 2 aliphatic heterocycles. The number of ether oxygens (including phenoxy) is 3. The third kappa shape index (κ3) is 3.91. The summed E-state index contributed by atoms with van der Waals surface area (Å²) in [6.45, 7) is 6.90. The van der Waals surface area contributed by atoms with Crippen LogP contribution in [0.1, 0.15) is 44.2 Å². The zero-order chi connectivity index (χ0) is 26.4. The Morgan fingerprint density at radius 3 is 2.46 bits per heavy atom. The summed E-state index contributed by atoms with van der Waals surface area (Å²) < 4.78 is 19.4. The van der Waals surface area contributed by atoms with Crippen LogP contribution >= 0.6 is 0 Å². The summed E-state index contributed by atoms with van der Waals surface area (Å²) in [5.74, 6) is 0.966. The van der Waals surface area contributed by atoms with Gasteiger partial charge >= 0.3 is 0 Å². The van der Waals surface area contributed by atoms with Gasteiger partial charge in [0.25, 0.3) is 5.91 Å². The third-order valence-corrected chi connectivity index (χ3v) is 7.31. The first-order chi connectivity index (χ1) is 17.8. The van der Waals surface area contributed by atoms with Crippen LogP contribution in [0.15, 0.2) is 47.8 Å².